The van der Waals surface area contributed by atoms with E-state index in [9.17, 15) is 0 Å². The highest BCUT2D eigenvalue weighted by Gasteiger charge is 2.36. The Morgan fingerprint density at radius 2 is 0.905 bits per heavy atom. The number of aromatic nitrogens is 2. The minimum absolute atomic E-state index is 0.101. The van der Waals surface area contributed by atoms with Crippen LogP contribution in [0.4, 0.5) is 34.1 Å². The molecule has 0 aliphatic carbocycles. The lowest BCUT2D eigenvalue weighted by Gasteiger charge is -2.42. The van der Waals surface area contributed by atoms with E-state index in [1.807, 2.05) is 12.4 Å². The number of para-hydroxylation sites is 4. The SMILES string of the molecule is CC1(C)c2ccccc2N(c2ccnc(-c3cc(N4c5ccccc5Cc5ccccc54)ccn3)c2)c2ccccc21. The summed E-state index contributed by atoms with van der Waals surface area (Å²) in [7, 11) is 0. The van der Waals surface area contributed by atoms with Crippen molar-refractivity contribution in [1.82, 2.24) is 9.97 Å². The molecule has 4 heteroatoms. The van der Waals surface area contributed by atoms with Crippen LogP contribution in [0.25, 0.3) is 11.4 Å². The number of hydrogen-bond acceptors (Lipinski definition) is 4. The van der Waals surface area contributed by atoms with Crippen molar-refractivity contribution in [2.24, 2.45) is 0 Å². The molecular weight excluding hydrogens is 512 g/mol. The van der Waals surface area contributed by atoms with Crippen molar-refractivity contribution in [1.29, 1.82) is 0 Å². The molecule has 2 aliphatic heterocycles. The van der Waals surface area contributed by atoms with Crippen molar-refractivity contribution < 1.29 is 0 Å². The van der Waals surface area contributed by atoms with Gasteiger partial charge < -0.3 is 9.80 Å². The second kappa shape index (κ2) is 9.42. The Morgan fingerprint density at radius 3 is 1.40 bits per heavy atom. The fraction of sp³-hybridized carbons (Fsp3) is 0.105. The quantitative estimate of drug-likeness (QED) is 0.222. The molecule has 4 nitrogen and oxygen atoms in total. The summed E-state index contributed by atoms with van der Waals surface area (Å²) in [5, 5.41) is 0. The van der Waals surface area contributed by atoms with E-state index < -0.39 is 0 Å². The maximum Gasteiger partial charge on any atom is 0.0907 e. The maximum atomic E-state index is 4.81. The predicted octanol–water partition coefficient (Wildman–Crippen LogP) is 9.63. The Kier molecular flexibility index (Phi) is 5.51. The molecule has 0 atom stereocenters. The number of rotatable bonds is 3. The van der Waals surface area contributed by atoms with Crippen LogP contribution in [0, 0.1) is 0 Å². The number of nitrogens with zero attached hydrogens (tertiary/aromatic N) is 4. The lowest BCUT2D eigenvalue weighted by atomic mass is 9.73. The molecule has 2 aromatic heterocycles. The first-order valence-electron chi connectivity index (χ1n) is 14.5. The zero-order chi connectivity index (χ0) is 28.3. The molecule has 0 saturated carbocycles. The molecule has 202 valence electrons. The van der Waals surface area contributed by atoms with Crippen molar-refractivity contribution in [2.45, 2.75) is 25.7 Å². The van der Waals surface area contributed by atoms with Gasteiger partial charge in [-0.05, 0) is 70.8 Å². The first-order chi connectivity index (χ1) is 20.6. The van der Waals surface area contributed by atoms with Gasteiger partial charge in [-0.25, -0.2) is 0 Å². The van der Waals surface area contributed by atoms with Gasteiger partial charge in [0.2, 0.25) is 0 Å². The summed E-state index contributed by atoms with van der Waals surface area (Å²) in [5.74, 6) is 0. The van der Waals surface area contributed by atoms with Crippen LogP contribution < -0.4 is 9.80 Å². The fourth-order valence-electron chi connectivity index (χ4n) is 6.71. The zero-order valence-corrected chi connectivity index (χ0v) is 23.7. The molecule has 0 fully saturated rings. The van der Waals surface area contributed by atoms with Crippen LogP contribution in [-0.2, 0) is 11.8 Å². The summed E-state index contributed by atoms with van der Waals surface area (Å²) in [6.45, 7) is 4.62. The molecule has 4 aromatic carbocycles. The summed E-state index contributed by atoms with van der Waals surface area (Å²) >= 11 is 0. The van der Waals surface area contributed by atoms with Crippen LogP contribution in [0.2, 0.25) is 0 Å². The summed E-state index contributed by atoms with van der Waals surface area (Å²) in [5.41, 5.74) is 13.8. The third-order valence-corrected chi connectivity index (χ3v) is 8.75. The summed E-state index contributed by atoms with van der Waals surface area (Å²) in [6.07, 6.45) is 4.72. The highest BCUT2D eigenvalue weighted by Crippen LogP contribution is 2.52. The molecule has 4 heterocycles. The lowest BCUT2D eigenvalue weighted by molar-refractivity contribution is 0.632. The number of benzene rings is 4. The molecular formula is C38H30N4. The molecule has 42 heavy (non-hydrogen) atoms. The van der Waals surface area contributed by atoms with E-state index in [1.165, 1.54) is 45.0 Å². The predicted molar refractivity (Wildman–Crippen MR) is 172 cm³/mol. The maximum absolute atomic E-state index is 4.81. The van der Waals surface area contributed by atoms with E-state index >= 15 is 0 Å². The smallest absolute Gasteiger partial charge is 0.0907 e. The van der Waals surface area contributed by atoms with E-state index in [1.54, 1.807) is 0 Å². The zero-order valence-electron chi connectivity index (χ0n) is 23.7. The fourth-order valence-corrected chi connectivity index (χ4v) is 6.71. The Hall–Kier alpha value is -5.22. The Labute approximate surface area is 246 Å². The Balaban J connectivity index is 1.25. The lowest BCUT2D eigenvalue weighted by Crippen LogP contribution is -2.30. The normalized spacial score (nSPS) is 14.4. The molecule has 0 N–H and O–H groups in total. The molecule has 0 radical (unpaired) electrons. The van der Waals surface area contributed by atoms with Crippen molar-refractivity contribution in [3.05, 3.63) is 156 Å². The monoisotopic (exact) mass is 542 g/mol. The summed E-state index contributed by atoms with van der Waals surface area (Å²) in [6, 6.07) is 43.3. The minimum Gasteiger partial charge on any atom is -0.310 e. The van der Waals surface area contributed by atoms with Gasteiger partial charge >= 0.3 is 0 Å². The Morgan fingerprint density at radius 1 is 0.500 bits per heavy atom. The van der Waals surface area contributed by atoms with Gasteiger partial charge in [0.15, 0.2) is 0 Å². The van der Waals surface area contributed by atoms with Crippen LogP contribution in [-0.4, -0.2) is 9.97 Å². The van der Waals surface area contributed by atoms with Gasteiger partial charge in [0.1, 0.15) is 0 Å². The highest BCUT2D eigenvalue weighted by atomic mass is 15.2. The Bertz CT molecular complexity index is 1880. The molecule has 2 aliphatic rings. The minimum atomic E-state index is -0.101. The third-order valence-electron chi connectivity index (χ3n) is 8.75. The van der Waals surface area contributed by atoms with Gasteiger partial charge in [0.05, 0.1) is 22.8 Å². The van der Waals surface area contributed by atoms with Crippen LogP contribution in [0.1, 0.15) is 36.1 Å². The summed E-state index contributed by atoms with van der Waals surface area (Å²) < 4.78 is 0. The van der Waals surface area contributed by atoms with Crippen molar-refractivity contribution in [3.63, 3.8) is 0 Å². The second-order valence-electron chi connectivity index (χ2n) is 11.6. The molecule has 0 unspecified atom stereocenters. The number of fused-ring (bicyclic) bond motifs is 4. The number of pyridine rings is 2. The highest BCUT2D eigenvalue weighted by molar-refractivity contribution is 5.88. The van der Waals surface area contributed by atoms with Crippen LogP contribution in [0.15, 0.2) is 134 Å². The van der Waals surface area contributed by atoms with E-state index in [0.717, 1.165) is 29.2 Å². The van der Waals surface area contributed by atoms with E-state index in [2.05, 4.69) is 145 Å². The van der Waals surface area contributed by atoms with Crippen LogP contribution in [0.5, 0.6) is 0 Å². The van der Waals surface area contributed by atoms with Gasteiger partial charge in [0, 0.05) is 47.0 Å². The van der Waals surface area contributed by atoms with Gasteiger partial charge in [-0.15, -0.1) is 0 Å². The number of anilines is 6. The largest absolute Gasteiger partial charge is 0.310 e. The molecule has 0 saturated heterocycles. The number of hydrogen-bond donors (Lipinski definition) is 0. The molecule has 6 aromatic rings. The first-order valence-corrected chi connectivity index (χ1v) is 14.5. The molecule has 0 spiro atoms. The van der Waals surface area contributed by atoms with Crippen molar-refractivity contribution in [3.8, 4) is 11.4 Å². The first kappa shape index (κ1) is 24.6. The van der Waals surface area contributed by atoms with Gasteiger partial charge in [-0.2, -0.15) is 0 Å². The van der Waals surface area contributed by atoms with Gasteiger partial charge in [-0.3, -0.25) is 9.97 Å². The standard InChI is InChI=1S/C38H30N4/c1-38(2)30-13-5-9-17-36(30)42(37-18-10-6-14-31(37)38)29-20-22-40-33(25-29)32-24-28(19-21-39-32)41-34-15-7-3-11-26(34)23-27-12-4-8-16-35(27)41/h3-22,24-25H,23H2,1-2H3. The van der Waals surface area contributed by atoms with Crippen LogP contribution >= 0.6 is 0 Å². The van der Waals surface area contributed by atoms with Gasteiger partial charge in [0.25, 0.3) is 0 Å². The van der Waals surface area contributed by atoms with Crippen molar-refractivity contribution >= 4 is 34.1 Å². The van der Waals surface area contributed by atoms with Gasteiger partial charge in [-0.1, -0.05) is 86.6 Å². The molecule has 0 amide bonds. The second-order valence-corrected chi connectivity index (χ2v) is 11.6. The van der Waals surface area contributed by atoms with Crippen molar-refractivity contribution in [2.75, 3.05) is 9.80 Å². The average Bonchev–Trinajstić information content (AvgIpc) is 3.04. The topological polar surface area (TPSA) is 32.3 Å². The average molecular weight is 543 g/mol. The van der Waals surface area contributed by atoms with E-state index in [0.29, 0.717) is 0 Å². The molecule has 8 rings (SSSR count). The molecule has 0 bridgehead atoms. The van der Waals surface area contributed by atoms with E-state index in [4.69, 9.17) is 9.97 Å². The van der Waals surface area contributed by atoms with Crippen LogP contribution in [0.3, 0.4) is 0 Å². The summed E-state index contributed by atoms with van der Waals surface area (Å²) in [4.78, 5) is 14.3. The third kappa shape index (κ3) is 3.76. The van der Waals surface area contributed by atoms with E-state index in [-0.39, 0.29) is 5.41 Å².